The topological polar surface area (TPSA) is 47.4 Å². The van der Waals surface area contributed by atoms with Crippen molar-refractivity contribution in [2.45, 2.75) is 39.8 Å². The highest BCUT2D eigenvalue weighted by atomic mass is 16.5. The fourth-order valence-electron chi connectivity index (χ4n) is 1.77. The number of imidazole rings is 1. The summed E-state index contributed by atoms with van der Waals surface area (Å²) in [5.74, 6) is -0.145. The molecule has 1 heterocycles. The Balaban J connectivity index is 2.31. The molecule has 1 rings (SSSR count). The smallest absolute Gasteiger partial charge is 0.320 e. The van der Waals surface area contributed by atoms with Crippen molar-refractivity contribution in [2.24, 2.45) is 0 Å². The van der Waals surface area contributed by atoms with Crippen LogP contribution in [0, 0.1) is 0 Å². The largest absolute Gasteiger partial charge is 0.465 e. The van der Waals surface area contributed by atoms with Crippen LogP contribution in [0.5, 0.6) is 0 Å². The first-order chi connectivity index (χ1) is 8.63. The molecular weight excluding hydrogens is 230 g/mol. The lowest BCUT2D eigenvalue weighted by Gasteiger charge is -2.25. The van der Waals surface area contributed by atoms with E-state index in [2.05, 4.69) is 23.7 Å². The molecule has 5 heteroatoms. The number of aromatic nitrogens is 2. The first-order valence-electron chi connectivity index (χ1n) is 6.49. The van der Waals surface area contributed by atoms with Gasteiger partial charge in [-0.1, -0.05) is 0 Å². The first-order valence-corrected chi connectivity index (χ1v) is 6.49. The van der Waals surface area contributed by atoms with Crippen molar-refractivity contribution < 1.29 is 9.53 Å². The second-order valence-corrected chi connectivity index (χ2v) is 4.52. The lowest BCUT2D eigenvalue weighted by molar-refractivity contribution is -0.144. The number of aryl methyl sites for hydroxylation is 1. The zero-order valence-electron chi connectivity index (χ0n) is 11.5. The van der Waals surface area contributed by atoms with Crippen LogP contribution < -0.4 is 0 Å². The molecule has 0 bridgehead atoms. The Hall–Kier alpha value is -1.36. The molecule has 0 atom stereocenters. The third kappa shape index (κ3) is 5.31. The summed E-state index contributed by atoms with van der Waals surface area (Å²) in [6.45, 7) is 8.64. The summed E-state index contributed by atoms with van der Waals surface area (Å²) in [4.78, 5) is 17.6. The van der Waals surface area contributed by atoms with E-state index in [9.17, 15) is 4.79 Å². The van der Waals surface area contributed by atoms with Gasteiger partial charge in [-0.05, 0) is 27.2 Å². The van der Waals surface area contributed by atoms with E-state index in [1.54, 1.807) is 6.20 Å². The molecule has 0 unspecified atom stereocenters. The number of ether oxygens (including phenoxy) is 1. The van der Waals surface area contributed by atoms with Crippen molar-refractivity contribution in [3.63, 3.8) is 0 Å². The number of rotatable bonds is 8. The Morgan fingerprint density at radius 3 is 2.83 bits per heavy atom. The standard InChI is InChI=1S/C13H23N3O2/c1-4-18-13(17)10-16(12(2)3)8-5-7-15-9-6-14-11-15/h6,9,11-12H,4-5,7-8,10H2,1-3H3. The van der Waals surface area contributed by atoms with Crippen molar-refractivity contribution in [3.05, 3.63) is 18.7 Å². The molecule has 0 spiro atoms. The number of carbonyl (C=O) groups is 1. The predicted octanol–water partition coefficient (Wildman–Crippen LogP) is 1.55. The first kappa shape index (κ1) is 14.7. The van der Waals surface area contributed by atoms with Gasteiger partial charge in [0.15, 0.2) is 0 Å². The second kappa shape index (κ2) is 7.87. The van der Waals surface area contributed by atoms with E-state index in [-0.39, 0.29) is 5.97 Å². The molecule has 0 aliphatic rings. The molecular formula is C13H23N3O2. The summed E-state index contributed by atoms with van der Waals surface area (Å²) in [7, 11) is 0. The molecule has 0 aliphatic carbocycles. The highest BCUT2D eigenvalue weighted by Gasteiger charge is 2.14. The van der Waals surface area contributed by atoms with Crippen LogP contribution in [-0.2, 0) is 16.1 Å². The summed E-state index contributed by atoms with van der Waals surface area (Å²) in [5.41, 5.74) is 0. The molecule has 5 nitrogen and oxygen atoms in total. The molecule has 102 valence electrons. The van der Waals surface area contributed by atoms with Gasteiger partial charge in [0.25, 0.3) is 0 Å². The van der Waals surface area contributed by atoms with Gasteiger partial charge in [0.1, 0.15) is 0 Å². The number of carbonyl (C=O) groups excluding carboxylic acids is 1. The van der Waals surface area contributed by atoms with Gasteiger partial charge in [0, 0.05) is 31.5 Å². The van der Waals surface area contributed by atoms with Crippen LogP contribution in [-0.4, -0.2) is 46.2 Å². The molecule has 18 heavy (non-hydrogen) atoms. The van der Waals surface area contributed by atoms with Crippen LogP contribution in [0.1, 0.15) is 27.2 Å². The van der Waals surface area contributed by atoms with Crippen molar-refractivity contribution >= 4 is 5.97 Å². The lowest BCUT2D eigenvalue weighted by atomic mass is 10.3. The predicted molar refractivity (Wildman–Crippen MR) is 70.2 cm³/mol. The molecule has 0 N–H and O–H groups in total. The van der Waals surface area contributed by atoms with Crippen LogP contribution in [0.2, 0.25) is 0 Å². The van der Waals surface area contributed by atoms with E-state index in [0.29, 0.717) is 19.2 Å². The van der Waals surface area contributed by atoms with E-state index in [1.807, 2.05) is 24.0 Å². The van der Waals surface area contributed by atoms with E-state index >= 15 is 0 Å². The maximum absolute atomic E-state index is 11.5. The van der Waals surface area contributed by atoms with Crippen LogP contribution in [0.25, 0.3) is 0 Å². The molecule has 0 saturated heterocycles. The zero-order valence-corrected chi connectivity index (χ0v) is 11.5. The Kier molecular flexibility index (Phi) is 6.43. The average molecular weight is 253 g/mol. The SMILES string of the molecule is CCOC(=O)CN(CCCn1ccnc1)C(C)C. The highest BCUT2D eigenvalue weighted by Crippen LogP contribution is 2.02. The second-order valence-electron chi connectivity index (χ2n) is 4.52. The molecule has 0 saturated carbocycles. The van der Waals surface area contributed by atoms with Crippen molar-refractivity contribution in [1.29, 1.82) is 0 Å². The average Bonchev–Trinajstić information content (AvgIpc) is 2.81. The van der Waals surface area contributed by atoms with Gasteiger partial charge in [0.05, 0.1) is 19.5 Å². The summed E-state index contributed by atoms with van der Waals surface area (Å²) >= 11 is 0. The molecule has 0 aliphatic heterocycles. The fourth-order valence-corrected chi connectivity index (χ4v) is 1.77. The Labute approximate surface area is 109 Å². The maximum atomic E-state index is 11.5. The van der Waals surface area contributed by atoms with Crippen LogP contribution in [0.4, 0.5) is 0 Å². The number of nitrogens with zero attached hydrogens (tertiary/aromatic N) is 3. The highest BCUT2D eigenvalue weighted by molar-refractivity contribution is 5.71. The minimum atomic E-state index is -0.145. The van der Waals surface area contributed by atoms with E-state index in [0.717, 1.165) is 19.5 Å². The van der Waals surface area contributed by atoms with Gasteiger partial charge in [-0.2, -0.15) is 0 Å². The third-order valence-corrected chi connectivity index (χ3v) is 2.79. The Morgan fingerprint density at radius 2 is 2.28 bits per heavy atom. The van der Waals surface area contributed by atoms with E-state index in [1.165, 1.54) is 0 Å². The Morgan fingerprint density at radius 1 is 1.50 bits per heavy atom. The van der Waals surface area contributed by atoms with Gasteiger partial charge in [-0.15, -0.1) is 0 Å². The van der Waals surface area contributed by atoms with Crippen molar-refractivity contribution in [1.82, 2.24) is 14.5 Å². The number of hydrogen-bond acceptors (Lipinski definition) is 4. The van der Waals surface area contributed by atoms with E-state index in [4.69, 9.17) is 4.74 Å². The molecule has 0 radical (unpaired) electrons. The van der Waals surface area contributed by atoms with Crippen LogP contribution in [0.15, 0.2) is 18.7 Å². The monoisotopic (exact) mass is 253 g/mol. The number of hydrogen-bond donors (Lipinski definition) is 0. The molecule has 1 aromatic heterocycles. The third-order valence-electron chi connectivity index (χ3n) is 2.79. The molecule has 0 aromatic carbocycles. The van der Waals surface area contributed by atoms with Crippen molar-refractivity contribution in [3.8, 4) is 0 Å². The molecule has 0 amide bonds. The lowest BCUT2D eigenvalue weighted by Crippen LogP contribution is -2.37. The molecule has 0 fully saturated rings. The van der Waals surface area contributed by atoms with Gasteiger partial charge in [-0.25, -0.2) is 4.98 Å². The van der Waals surface area contributed by atoms with Crippen molar-refractivity contribution in [2.75, 3.05) is 19.7 Å². The Bertz CT molecular complexity index is 336. The van der Waals surface area contributed by atoms with Gasteiger partial charge < -0.3 is 9.30 Å². The molecule has 1 aromatic rings. The summed E-state index contributed by atoms with van der Waals surface area (Å²) in [6.07, 6.45) is 6.53. The van der Waals surface area contributed by atoms with Crippen LogP contribution in [0.3, 0.4) is 0 Å². The fraction of sp³-hybridized carbons (Fsp3) is 0.692. The minimum absolute atomic E-state index is 0.145. The maximum Gasteiger partial charge on any atom is 0.320 e. The van der Waals surface area contributed by atoms with Gasteiger partial charge in [0.2, 0.25) is 0 Å². The summed E-state index contributed by atoms with van der Waals surface area (Å²) < 4.78 is 7.02. The minimum Gasteiger partial charge on any atom is -0.465 e. The number of esters is 1. The van der Waals surface area contributed by atoms with Gasteiger partial charge >= 0.3 is 5.97 Å². The normalized spacial score (nSPS) is 11.2. The summed E-state index contributed by atoms with van der Waals surface area (Å²) in [5, 5.41) is 0. The zero-order chi connectivity index (χ0) is 13.4. The van der Waals surface area contributed by atoms with E-state index < -0.39 is 0 Å². The van der Waals surface area contributed by atoms with Gasteiger partial charge in [-0.3, -0.25) is 9.69 Å². The summed E-state index contributed by atoms with van der Waals surface area (Å²) in [6, 6.07) is 0.345. The van der Waals surface area contributed by atoms with Crippen LogP contribution >= 0.6 is 0 Å². The quantitative estimate of drug-likeness (QED) is 0.659.